The Balaban J connectivity index is 2.42. The lowest BCUT2D eigenvalue weighted by atomic mass is 10.1. The van der Waals surface area contributed by atoms with Gasteiger partial charge in [-0.1, -0.05) is 25.5 Å². The summed E-state index contributed by atoms with van der Waals surface area (Å²) in [5, 5.41) is 2.83. The van der Waals surface area contributed by atoms with Gasteiger partial charge < -0.3 is 15.0 Å². The number of nitrogens with one attached hydrogen (secondary N) is 1. The molecule has 198 valence electrons. The van der Waals surface area contributed by atoms with E-state index in [1.165, 1.54) is 38.2 Å². The summed E-state index contributed by atoms with van der Waals surface area (Å²) >= 11 is 0. The molecule has 0 aliphatic rings. The average Bonchev–Trinajstić information content (AvgIpc) is 2.86. The lowest BCUT2D eigenvalue weighted by molar-refractivity contribution is -0.139. The molecule has 0 fully saturated rings. The smallest absolute Gasteiger partial charge is 0.304 e. The van der Waals surface area contributed by atoms with E-state index in [0.717, 1.165) is 33.6 Å². The minimum absolute atomic E-state index is 0.0532. The third-order valence-electron chi connectivity index (χ3n) is 5.62. The molecular weight excluding hydrogens is 487 g/mol. The summed E-state index contributed by atoms with van der Waals surface area (Å²) in [5.74, 6) is -0.887. The highest BCUT2D eigenvalue weighted by atomic mass is 32.2. The summed E-state index contributed by atoms with van der Waals surface area (Å²) in [7, 11) is 0.105. The van der Waals surface area contributed by atoms with Crippen molar-refractivity contribution in [3.63, 3.8) is 0 Å². The molecule has 0 saturated carbocycles. The van der Waals surface area contributed by atoms with Gasteiger partial charge in [0.25, 0.3) is 0 Å². The van der Waals surface area contributed by atoms with E-state index < -0.39 is 34.5 Å². The molecular formula is C25H35FN4O5S. The predicted molar refractivity (Wildman–Crippen MR) is 137 cm³/mol. The first-order chi connectivity index (χ1) is 17.0. The van der Waals surface area contributed by atoms with Gasteiger partial charge in [0, 0.05) is 27.2 Å². The molecule has 1 N–H and O–H groups in total. The van der Waals surface area contributed by atoms with Gasteiger partial charge in [-0.3, -0.25) is 9.59 Å². The highest BCUT2D eigenvalue weighted by molar-refractivity contribution is 7.90. The number of halogens is 1. The summed E-state index contributed by atoms with van der Waals surface area (Å²) in [4.78, 5) is 27.8. The van der Waals surface area contributed by atoms with Crippen LogP contribution in [-0.2, 0) is 26.3 Å². The molecule has 0 aliphatic carbocycles. The van der Waals surface area contributed by atoms with Crippen LogP contribution in [0.3, 0.4) is 0 Å². The third kappa shape index (κ3) is 7.66. The van der Waals surface area contributed by atoms with Crippen molar-refractivity contribution in [2.24, 2.45) is 0 Å². The Hall–Kier alpha value is -3.18. The SMILES string of the molecule is CCCCNC(=O)C(C)N(Cc1cccc(OC)c1)C(=O)CN(c1ccc(F)cc1)S(=O)(=O)N(C)C. The van der Waals surface area contributed by atoms with Gasteiger partial charge >= 0.3 is 10.2 Å². The van der Waals surface area contributed by atoms with Crippen molar-refractivity contribution in [2.45, 2.75) is 39.3 Å². The van der Waals surface area contributed by atoms with Gasteiger partial charge in [0.15, 0.2) is 0 Å². The minimum Gasteiger partial charge on any atom is -0.497 e. The molecule has 0 spiro atoms. The number of anilines is 1. The number of hydrogen-bond donors (Lipinski definition) is 1. The Kier molecular flexibility index (Phi) is 10.7. The van der Waals surface area contributed by atoms with Gasteiger partial charge in [0.2, 0.25) is 11.8 Å². The highest BCUT2D eigenvalue weighted by Gasteiger charge is 2.32. The van der Waals surface area contributed by atoms with Crippen LogP contribution < -0.4 is 14.4 Å². The number of nitrogens with zero attached hydrogens (tertiary/aromatic N) is 3. The summed E-state index contributed by atoms with van der Waals surface area (Å²) in [6.45, 7) is 3.55. The molecule has 9 nitrogen and oxygen atoms in total. The molecule has 0 aliphatic heterocycles. The number of carbonyl (C=O) groups is 2. The number of ether oxygens (including phenoxy) is 1. The van der Waals surface area contributed by atoms with E-state index in [2.05, 4.69) is 5.32 Å². The molecule has 0 radical (unpaired) electrons. The van der Waals surface area contributed by atoms with E-state index >= 15 is 0 Å². The Morgan fingerprint density at radius 1 is 1.11 bits per heavy atom. The quantitative estimate of drug-likeness (QED) is 0.408. The molecule has 36 heavy (non-hydrogen) atoms. The molecule has 0 heterocycles. The number of rotatable bonds is 13. The fourth-order valence-corrected chi connectivity index (χ4v) is 4.47. The number of unbranched alkanes of at least 4 members (excludes halogenated alkanes) is 1. The van der Waals surface area contributed by atoms with Crippen molar-refractivity contribution in [1.29, 1.82) is 0 Å². The molecule has 1 atom stereocenters. The summed E-state index contributed by atoms with van der Waals surface area (Å²) in [6.07, 6.45) is 1.69. The van der Waals surface area contributed by atoms with Crippen molar-refractivity contribution in [1.82, 2.24) is 14.5 Å². The number of hydrogen-bond acceptors (Lipinski definition) is 5. The summed E-state index contributed by atoms with van der Waals surface area (Å²) in [6, 6.07) is 11.0. The maximum absolute atomic E-state index is 13.6. The third-order valence-corrected chi connectivity index (χ3v) is 7.44. The van der Waals surface area contributed by atoms with Crippen LogP contribution in [0.15, 0.2) is 48.5 Å². The summed E-state index contributed by atoms with van der Waals surface area (Å²) in [5.41, 5.74) is 0.833. The first-order valence-corrected chi connectivity index (χ1v) is 13.1. The molecule has 2 aromatic carbocycles. The van der Waals surface area contributed by atoms with E-state index in [4.69, 9.17) is 4.74 Å². The van der Waals surface area contributed by atoms with Crippen molar-refractivity contribution in [3.05, 3.63) is 59.9 Å². The van der Waals surface area contributed by atoms with Crippen molar-refractivity contribution < 1.29 is 27.1 Å². The van der Waals surface area contributed by atoms with Crippen LogP contribution in [0.5, 0.6) is 5.75 Å². The predicted octanol–water partition coefficient (Wildman–Crippen LogP) is 2.78. The van der Waals surface area contributed by atoms with Crippen LogP contribution in [0.4, 0.5) is 10.1 Å². The minimum atomic E-state index is -4.10. The van der Waals surface area contributed by atoms with Crippen LogP contribution in [0.2, 0.25) is 0 Å². The second-order valence-electron chi connectivity index (χ2n) is 8.47. The van der Waals surface area contributed by atoms with E-state index in [-0.39, 0.29) is 18.1 Å². The molecule has 0 aromatic heterocycles. The van der Waals surface area contributed by atoms with Gasteiger partial charge in [-0.25, -0.2) is 8.70 Å². The molecule has 0 bridgehead atoms. The molecule has 2 rings (SSSR count). The van der Waals surface area contributed by atoms with Gasteiger partial charge in [0.1, 0.15) is 24.2 Å². The van der Waals surface area contributed by atoms with E-state index in [9.17, 15) is 22.4 Å². The average molecular weight is 523 g/mol. The number of methoxy groups -OCH3 is 1. The Bertz CT molecular complexity index is 1130. The Morgan fingerprint density at radius 3 is 2.36 bits per heavy atom. The van der Waals surface area contributed by atoms with Crippen LogP contribution in [0.25, 0.3) is 0 Å². The fraction of sp³-hybridized carbons (Fsp3) is 0.440. The van der Waals surface area contributed by atoms with Crippen molar-refractivity contribution in [2.75, 3.05) is 38.6 Å². The first kappa shape index (κ1) is 29.1. The van der Waals surface area contributed by atoms with E-state index in [1.54, 1.807) is 31.2 Å². The van der Waals surface area contributed by atoms with Crippen LogP contribution in [0, 0.1) is 5.82 Å². The van der Waals surface area contributed by atoms with E-state index in [1.807, 2.05) is 6.92 Å². The van der Waals surface area contributed by atoms with Gasteiger partial charge in [-0.05, 0) is 55.3 Å². The largest absolute Gasteiger partial charge is 0.497 e. The van der Waals surface area contributed by atoms with Gasteiger partial charge in [-0.15, -0.1) is 0 Å². The van der Waals surface area contributed by atoms with Crippen molar-refractivity contribution in [3.8, 4) is 5.75 Å². The fourth-order valence-electron chi connectivity index (χ4n) is 3.41. The zero-order valence-electron chi connectivity index (χ0n) is 21.4. The second-order valence-corrected chi connectivity index (χ2v) is 10.5. The normalized spacial score (nSPS) is 12.2. The molecule has 2 amide bonds. The molecule has 2 aromatic rings. The lowest BCUT2D eigenvalue weighted by Crippen LogP contribution is -2.52. The standard InChI is InChI=1S/C25H35FN4O5S/c1-6-7-15-27-25(32)19(2)29(17-20-9-8-10-23(16-20)35-5)24(31)18-30(36(33,34)28(3)4)22-13-11-21(26)12-14-22/h8-14,16,19H,6-7,15,17-18H2,1-5H3,(H,27,32). The molecule has 0 saturated heterocycles. The summed E-state index contributed by atoms with van der Waals surface area (Å²) < 4.78 is 46.8. The van der Waals surface area contributed by atoms with Crippen molar-refractivity contribution >= 4 is 27.7 Å². The maximum Gasteiger partial charge on any atom is 0.304 e. The number of benzene rings is 2. The zero-order valence-corrected chi connectivity index (χ0v) is 22.2. The first-order valence-electron chi connectivity index (χ1n) is 11.7. The Labute approximate surface area is 213 Å². The van der Waals surface area contributed by atoms with Crippen LogP contribution in [0.1, 0.15) is 32.3 Å². The second kappa shape index (κ2) is 13.2. The van der Waals surface area contributed by atoms with Gasteiger partial charge in [-0.2, -0.15) is 12.7 Å². The maximum atomic E-state index is 13.6. The molecule has 11 heteroatoms. The monoisotopic (exact) mass is 522 g/mol. The van der Waals surface area contributed by atoms with E-state index in [0.29, 0.717) is 17.9 Å². The Morgan fingerprint density at radius 2 is 1.78 bits per heavy atom. The van der Waals surface area contributed by atoms with Crippen LogP contribution >= 0.6 is 0 Å². The number of amides is 2. The molecule has 1 unspecified atom stereocenters. The zero-order chi connectivity index (χ0) is 26.9. The highest BCUT2D eigenvalue weighted by Crippen LogP contribution is 2.22. The lowest BCUT2D eigenvalue weighted by Gasteiger charge is -2.32. The van der Waals surface area contributed by atoms with Crippen LogP contribution in [-0.4, -0.2) is 69.8 Å². The van der Waals surface area contributed by atoms with Gasteiger partial charge in [0.05, 0.1) is 12.8 Å². The number of carbonyl (C=O) groups excluding carboxylic acids is 2. The topological polar surface area (TPSA) is 99.3 Å².